The Balaban J connectivity index is 2.21. The molecule has 0 aliphatic heterocycles. The standard InChI is InChI=1S/C19H24N2O/c1-15-8-6-7-11-18(15)14-21(19(22)16(2)12-20)13-17-9-4-3-5-10-17/h3-11,16H,12-14,20H2,1-2H3. The molecule has 1 unspecified atom stereocenters. The maximum absolute atomic E-state index is 12.6. The molecule has 3 nitrogen and oxygen atoms in total. The number of carbonyl (C=O) groups is 1. The van der Waals surface area contributed by atoms with Crippen LogP contribution >= 0.6 is 0 Å². The summed E-state index contributed by atoms with van der Waals surface area (Å²) in [7, 11) is 0. The lowest BCUT2D eigenvalue weighted by Gasteiger charge is -2.26. The van der Waals surface area contributed by atoms with Gasteiger partial charge in [0.15, 0.2) is 0 Å². The summed E-state index contributed by atoms with van der Waals surface area (Å²) in [5, 5.41) is 0. The van der Waals surface area contributed by atoms with Gasteiger partial charge in [0.1, 0.15) is 0 Å². The molecule has 116 valence electrons. The van der Waals surface area contributed by atoms with Gasteiger partial charge in [-0.15, -0.1) is 0 Å². The summed E-state index contributed by atoms with van der Waals surface area (Å²) >= 11 is 0. The maximum Gasteiger partial charge on any atom is 0.227 e. The minimum atomic E-state index is -0.160. The lowest BCUT2D eigenvalue weighted by molar-refractivity contribution is -0.136. The Morgan fingerprint density at radius 1 is 1.05 bits per heavy atom. The van der Waals surface area contributed by atoms with Crippen molar-refractivity contribution in [2.45, 2.75) is 26.9 Å². The number of carbonyl (C=O) groups excluding carboxylic acids is 1. The summed E-state index contributed by atoms with van der Waals surface area (Å²) in [5.74, 6) is -0.0534. The molecule has 22 heavy (non-hydrogen) atoms. The van der Waals surface area contributed by atoms with Gasteiger partial charge in [-0.1, -0.05) is 61.5 Å². The average Bonchev–Trinajstić information content (AvgIpc) is 2.55. The van der Waals surface area contributed by atoms with Gasteiger partial charge < -0.3 is 10.6 Å². The van der Waals surface area contributed by atoms with Crippen LogP contribution in [0, 0.1) is 12.8 Å². The molecule has 0 spiro atoms. The van der Waals surface area contributed by atoms with E-state index in [0.717, 1.165) is 5.56 Å². The molecule has 1 amide bonds. The van der Waals surface area contributed by atoms with Crippen molar-refractivity contribution in [3.8, 4) is 0 Å². The number of nitrogens with zero attached hydrogens (tertiary/aromatic N) is 1. The second kappa shape index (κ2) is 7.76. The summed E-state index contributed by atoms with van der Waals surface area (Å²) in [6.45, 7) is 5.56. The molecule has 0 heterocycles. The molecule has 0 bridgehead atoms. The number of hydrogen-bond donors (Lipinski definition) is 1. The molecule has 0 fully saturated rings. The van der Waals surface area contributed by atoms with Gasteiger partial charge in [0.05, 0.1) is 0 Å². The van der Waals surface area contributed by atoms with Crippen LogP contribution in [0.15, 0.2) is 54.6 Å². The summed E-state index contributed by atoms with van der Waals surface area (Å²) in [4.78, 5) is 14.5. The summed E-state index contributed by atoms with van der Waals surface area (Å²) in [5.41, 5.74) is 9.19. The van der Waals surface area contributed by atoms with Crippen molar-refractivity contribution in [3.05, 3.63) is 71.3 Å². The third-order valence-electron chi connectivity index (χ3n) is 3.93. The number of amides is 1. The highest BCUT2D eigenvalue weighted by atomic mass is 16.2. The molecule has 1 atom stereocenters. The van der Waals surface area contributed by atoms with E-state index in [2.05, 4.69) is 19.1 Å². The smallest absolute Gasteiger partial charge is 0.227 e. The SMILES string of the molecule is Cc1ccccc1CN(Cc1ccccc1)C(=O)C(C)CN. The summed E-state index contributed by atoms with van der Waals surface area (Å²) < 4.78 is 0. The van der Waals surface area contributed by atoms with Crippen LogP contribution in [-0.2, 0) is 17.9 Å². The fraction of sp³-hybridized carbons (Fsp3) is 0.316. The monoisotopic (exact) mass is 296 g/mol. The Kier molecular flexibility index (Phi) is 5.73. The normalized spacial score (nSPS) is 12.0. The Bertz CT molecular complexity index is 610. The van der Waals surface area contributed by atoms with Gasteiger partial charge >= 0.3 is 0 Å². The molecule has 2 aromatic rings. The molecule has 0 radical (unpaired) electrons. The predicted molar refractivity (Wildman–Crippen MR) is 90.1 cm³/mol. The lowest BCUT2D eigenvalue weighted by Crippen LogP contribution is -2.37. The Labute approximate surface area is 132 Å². The second-order valence-corrected chi connectivity index (χ2v) is 5.74. The van der Waals surface area contributed by atoms with Gasteiger partial charge in [-0.2, -0.15) is 0 Å². The summed E-state index contributed by atoms with van der Waals surface area (Å²) in [6.07, 6.45) is 0. The van der Waals surface area contributed by atoms with E-state index in [9.17, 15) is 4.79 Å². The van der Waals surface area contributed by atoms with E-state index in [1.165, 1.54) is 11.1 Å². The number of hydrogen-bond acceptors (Lipinski definition) is 2. The first kappa shape index (κ1) is 16.2. The molecule has 0 saturated carbocycles. The number of nitrogens with two attached hydrogens (primary N) is 1. The van der Waals surface area contributed by atoms with Crippen molar-refractivity contribution in [1.29, 1.82) is 0 Å². The third-order valence-corrected chi connectivity index (χ3v) is 3.93. The van der Waals surface area contributed by atoms with Crippen LogP contribution in [0.2, 0.25) is 0 Å². The van der Waals surface area contributed by atoms with Crippen LogP contribution in [0.4, 0.5) is 0 Å². The Morgan fingerprint density at radius 3 is 2.32 bits per heavy atom. The minimum Gasteiger partial charge on any atom is -0.334 e. The molecule has 0 aromatic heterocycles. The zero-order valence-electron chi connectivity index (χ0n) is 13.3. The molecular formula is C19H24N2O. The Hall–Kier alpha value is -2.13. The first-order chi connectivity index (χ1) is 10.6. The number of benzene rings is 2. The van der Waals surface area contributed by atoms with E-state index in [1.54, 1.807) is 0 Å². The quantitative estimate of drug-likeness (QED) is 0.890. The van der Waals surface area contributed by atoms with Crippen molar-refractivity contribution in [1.82, 2.24) is 4.90 Å². The first-order valence-electron chi connectivity index (χ1n) is 7.69. The predicted octanol–water partition coefficient (Wildman–Crippen LogP) is 3.12. The topological polar surface area (TPSA) is 46.3 Å². The van der Waals surface area contributed by atoms with Gasteiger partial charge in [-0.3, -0.25) is 4.79 Å². The van der Waals surface area contributed by atoms with Gasteiger partial charge in [-0.05, 0) is 23.6 Å². The van der Waals surface area contributed by atoms with E-state index in [0.29, 0.717) is 19.6 Å². The molecule has 0 saturated heterocycles. The minimum absolute atomic E-state index is 0.106. The highest BCUT2D eigenvalue weighted by molar-refractivity contribution is 5.78. The van der Waals surface area contributed by atoms with Gasteiger partial charge in [0.2, 0.25) is 5.91 Å². The number of aryl methyl sites for hydroxylation is 1. The van der Waals surface area contributed by atoms with Crippen LogP contribution in [0.3, 0.4) is 0 Å². The maximum atomic E-state index is 12.6. The van der Waals surface area contributed by atoms with Gasteiger partial charge in [0, 0.05) is 25.6 Å². The fourth-order valence-corrected chi connectivity index (χ4v) is 2.42. The summed E-state index contributed by atoms with van der Waals surface area (Å²) in [6, 6.07) is 18.3. The zero-order chi connectivity index (χ0) is 15.9. The Morgan fingerprint density at radius 2 is 1.68 bits per heavy atom. The van der Waals surface area contributed by atoms with Crippen LogP contribution in [0.5, 0.6) is 0 Å². The molecule has 0 aliphatic rings. The highest BCUT2D eigenvalue weighted by Gasteiger charge is 2.20. The van der Waals surface area contributed by atoms with E-state index in [-0.39, 0.29) is 11.8 Å². The number of rotatable bonds is 6. The fourth-order valence-electron chi connectivity index (χ4n) is 2.42. The molecule has 0 aliphatic carbocycles. The molecule has 2 aromatic carbocycles. The van der Waals surface area contributed by atoms with Crippen molar-refractivity contribution in [2.24, 2.45) is 11.7 Å². The van der Waals surface area contributed by atoms with Crippen LogP contribution in [0.25, 0.3) is 0 Å². The van der Waals surface area contributed by atoms with Crippen LogP contribution in [-0.4, -0.2) is 17.4 Å². The van der Waals surface area contributed by atoms with E-state index >= 15 is 0 Å². The largest absolute Gasteiger partial charge is 0.334 e. The highest BCUT2D eigenvalue weighted by Crippen LogP contribution is 2.15. The van der Waals surface area contributed by atoms with E-state index < -0.39 is 0 Å². The van der Waals surface area contributed by atoms with Crippen LogP contribution in [0.1, 0.15) is 23.6 Å². The third kappa shape index (κ3) is 4.18. The lowest BCUT2D eigenvalue weighted by atomic mass is 10.1. The van der Waals surface area contributed by atoms with E-state index in [1.807, 2.05) is 54.3 Å². The average molecular weight is 296 g/mol. The molecule has 2 N–H and O–H groups in total. The molecular weight excluding hydrogens is 272 g/mol. The van der Waals surface area contributed by atoms with Gasteiger partial charge in [-0.25, -0.2) is 0 Å². The van der Waals surface area contributed by atoms with Gasteiger partial charge in [0.25, 0.3) is 0 Å². The molecule has 3 heteroatoms. The van der Waals surface area contributed by atoms with Crippen molar-refractivity contribution in [2.75, 3.05) is 6.54 Å². The molecule has 2 rings (SSSR count). The zero-order valence-corrected chi connectivity index (χ0v) is 13.3. The van der Waals surface area contributed by atoms with Crippen molar-refractivity contribution in [3.63, 3.8) is 0 Å². The van der Waals surface area contributed by atoms with E-state index in [4.69, 9.17) is 5.73 Å². The van der Waals surface area contributed by atoms with Crippen molar-refractivity contribution >= 4 is 5.91 Å². The second-order valence-electron chi connectivity index (χ2n) is 5.74. The van der Waals surface area contributed by atoms with Crippen molar-refractivity contribution < 1.29 is 4.79 Å². The first-order valence-corrected chi connectivity index (χ1v) is 7.69. The van der Waals surface area contributed by atoms with Crippen LogP contribution < -0.4 is 5.73 Å².